The Morgan fingerprint density at radius 2 is 2.24 bits per heavy atom. The molecule has 0 bridgehead atoms. The molecule has 1 aliphatic rings. The van der Waals surface area contributed by atoms with Gasteiger partial charge in [0.1, 0.15) is 5.02 Å². The molecule has 3 heterocycles. The quantitative estimate of drug-likeness (QED) is 0.373. The smallest absolute Gasteiger partial charge is 0.171 e. The first-order chi connectivity index (χ1) is 12.2. The summed E-state index contributed by atoms with van der Waals surface area (Å²) >= 11 is 7.89. The fourth-order valence-electron chi connectivity index (χ4n) is 2.53. The van der Waals surface area contributed by atoms with Crippen molar-refractivity contribution in [1.82, 2.24) is 25.6 Å². The Balaban J connectivity index is 1.54. The van der Waals surface area contributed by atoms with E-state index in [1.165, 1.54) is 17.7 Å². The highest BCUT2D eigenvalue weighted by Crippen LogP contribution is 2.40. The third-order valence-corrected chi connectivity index (χ3v) is 5.42. The maximum Gasteiger partial charge on any atom is 0.171 e. The minimum absolute atomic E-state index is 0.462. The lowest BCUT2D eigenvalue weighted by molar-refractivity contribution is 0.733. The monoisotopic (exact) mass is 375 g/mol. The zero-order valence-corrected chi connectivity index (χ0v) is 15.0. The number of nitrogens with one attached hydrogen (secondary N) is 3. The summed E-state index contributed by atoms with van der Waals surface area (Å²) in [5.74, 6) is 7.86. The molecule has 0 amide bonds. The molecule has 3 aromatic rings. The van der Waals surface area contributed by atoms with Crippen LogP contribution >= 0.6 is 22.9 Å². The summed E-state index contributed by atoms with van der Waals surface area (Å²) in [5, 5.41) is 11.0. The van der Waals surface area contributed by atoms with Gasteiger partial charge in [0.05, 0.1) is 11.1 Å². The summed E-state index contributed by atoms with van der Waals surface area (Å²) in [5.41, 5.74) is 3.82. The number of hydrazine groups is 1. The van der Waals surface area contributed by atoms with Crippen LogP contribution in [0.1, 0.15) is 29.3 Å². The summed E-state index contributed by atoms with van der Waals surface area (Å²) in [6.07, 6.45) is 4.93. The Bertz CT molecular complexity index is 871. The van der Waals surface area contributed by atoms with Crippen LogP contribution < -0.4 is 16.6 Å². The molecule has 25 heavy (non-hydrogen) atoms. The van der Waals surface area contributed by atoms with Gasteiger partial charge in [0.2, 0.25) is 0 Å². The number of hydrogen-bond donors (Lipinski definition) is 4. The maximum atomic E-state index is 6.24. The first-order valence-corrected chi connectivity index (χ1v) is 9.30. The van der Waals surface area contributed by atoms with Gasteiger partial charge in [0.15, 0.2) is 17.5 Å². The molecule has 9 heteroatoms. The van der Waals surface area contributed by atoms with Gasteiger partial charge in [-0.15, -0.1) is 11.3 Å². The number of nitrogens with two attached hydrogens (primary N) is 1. The summed E-state index contributed by atoms with van der Waals surface area (Å²) in [6.45, 7) is 0.733. The van der Waals surface area contributed by atoms with E-state index in [0.29, 0.717) is 28.4 Å². The Labute approximate surface area is 154 Å². The molecule has 130 valence electrons. The molecule has 1 aliphatic carbocycles. The molecule has 1 saturated carbocycles. The number of anilines is 2. The molecule has 0 radical (unpaired) electrons. The first-order valence-electron chi connectivity index (χ1n) is 8.10. The minimum Gasteiger partial charge on any atom is -0.322 e. The average molecular weight is 376 g/mol. The molecule has 3 aromatic heterocycles. The standard InChI is InChI=1S/C16H18ClN7S/c17-11-8-19-16(13-4-3-10(25-13)5-6-20-18)22-15(11)21-14-7-12(23-24-14)9-1-2-9/h3-4,7-9,20H,1-2,5-6,18H2,(H2,19,21,22,23,24). The van der Waals surface area contributed by atoms with Crippen molar-refractivity contribution < 1.29 is 0 Å². The van der Waals surface area contributed by atoms with Crippen molar-refractivity contribution in [2.45, 2.75) is 25.2 Å². The minimum atomic E-state index is 0.462. The van der Waals surface area contributed by atoms with Crippen molar-refractivity contribution >= 4 is 34.6 Å². The highest BCUT2D eigenvalue weighted by molar-refractivity contribution is 7.15. The summed E-state index contributed by atoms with van der Waals surface area (Å²) in [7, 11) is 0. The third kappa shape index (κ3) is 3.82. The van der Waals surface area contributed by atoms with Crippen molar-refractivity contribution in [3.05, 3.63) is 40.0 Å². The van der Waals surface area contributed by atoms with E-state index in [9.17, 15) is 0 Å². The second kappa shape index (κ2) is 7.09. The summed E-state index contributed by atoms with van der Waals surface area (Å²) in [6, 6.07) is 6.10. The molecule has 4 rings (SSSR count). The van der Waals surface area contributed by atoms with Crippen LogP contribution in [0.2, 0.25) is 5.02 Å². The van der Waals surface area contributed by atoms with E-state index >= 15 is 0 Å². The topological polar surface area (TPSA) is 105 Å². The van der Waals surface area contributed by atoms with Gasteiger partial charge in [0.25, 0.3) is 0 Å². The van der Waals surface area contributed by atoms with E-state index in [-0.39, 0.29) is 0 Å². The van der Waals surface area contributed by atoms with Crippen LogP contribution in [-0.2, 0) is 6.42 Å². The summed E-state index contributed by atoms with van der Waals surface area (Å²) < 4.78 is 0. The fraction of sp³-hybridized carbons (Fsp3) is 0.312. The number of aromatic nitrogens is 4. The number of nitrogens with zero attached hydrogens (tertiary/aromatic N) is 3. The summed E-state index contributed by atoms with van der Waals surface area (Å²) in [4.78, 5) is 11.1. The number of hydrogen-bond acceptors (Lipinski definition) is 7. The highest BCUT2D eigenvalue weighted by atomic mass is 35.5. The molecule has 0 aliphatic heterocycles. The Morgan fingerprint density at radius 1 is 1.36 bits per heavy atom. The number of rotatable bonds is 7. The van der Waals surface area contributed by atoms with E-state index < -0.39 is 0 Å². The third-order valence-electron chi connectivity index (χ3n) is 4.00. The molecule has 0 saturated heterocycles. The van der Waals surface area contributed by atoms with E-state index in [1.54, 1.807) is 17.5 Å². The molecule has 0 unspecified atom stereocenters. The SMILES string of the molecule is NNCCc1ccc(-c2ncc(Cl)c(Nc3cc(C4CC4)[nH]n3)n2)s1. The van der Waals surface area contributed by atoms with Crippen molar-refractivity contribution in [3.63, 3.8) is 0 Å². The molecule has 5 N–H and O–H groups in total. The maximum absolute atomic E-state index is 6.24. The normalized spacial score (nSPS) is 14.0. The first kappa shape index (κ1) is 16.5. The number of halogens is 1. The molecule has 0 atom stereocenters. The van der Waals surface area contributed by atoms with E-state index in [2.05, 4.69) is 37.0 Å². The lowest BCUT2D eigenvalue weighted by atomic mass is 10.3. The van der Waals surface area contributed by atoms with Crippen LogP contribution in [0.3, 0.4) is 0 Å². The fourth-order valence-corrected chi connectivity index (χ4v) is 3.61. The second-order valence-corrected chi connectivity index (χ2v) is 7.54. The molecule has 1 fully saturated rings. The van der Waals surface area contributed by atoms with Crippen LogP contribution in [0.4, 0.5) is 11.6 Å². The Kier molecular flexibility index (Phi) is 4.67. The second-order valence-electron chi connectivity index (χ2n) is 5.97. The lowest BCUT2D eigenvalue weighted by Gasteiger charge is -2.05. The van der Waals surface area contributed by atoms with Crippen molar-refractivity contribution in [2.24, 2.45) is 5.84 Å². The molecule has 0 aromatic carbocycles. The van der Waals surface area contributed by atoms with Crippen LogP contribution in [0.25, 0.3) is 10.7 Å². The predicted octanol–water partition coefficient (Wildman–Crippen LogP) is 3.21. The molecule has 0 spiro atoms. The van der Waals surface area contributed by atoms with Crippen LogP contribution in [0.15, 0.2) is 24.4 Å². The largest absolute Gasteiger partial charge is 0.322 e. The Morgan fingerprint density at radius 3 is 3.04 bits per heavy atom. The van der Waals surface area contributed by atoms with E-state index in [4.69, 9.17) is 17.4 Å². The number of aromatic amines is 1. The zero-order chi connectivity index (χ0) is 17.2. The molecular weight excluding hydrogens is 358 g/mol. The van der Waals surface area contributed by atoms with Gasteiger partial charge >= 0.3 is 0 Å². The van der Waals surface area contributed by atoms with Gasteiger partial charge in [-0.1, -0.05) is 11.6 Å². The van der Waals surface area contributed by atoms with Crippen molar-refractivity contribution in [2.75, 3.05) is 11.9 Å². The van der Waals surface area contributed by atoms with Gasteiger partial charge in [0, 0.05) is 29.1 Å². The highest BCUT2D eigenvalue weighted by Gasteiger charge is 2.25. The molecular formula is C16H18ClN7S. The predicted molar refractivity (Wildman–Crippen MR) is 100 cm³/mol. The Hall–Kier alpha value is -2.00. The van der Waals surface area contributed by atoms with E-state index in [0.717, 1.165) is 23.5 Å². The zero-order valence-electron chi connectivity index (χ0n) is 13.4. The van der Waals surface area contributed by atoms with Gasteiger partial charge in [-0.05, 0) is 31.4 Å². The van der Waals surface area contributed by atoms with Crippen molar-refractivity contribution in [1.29, 1.82) is 0 Å². The van der Waals surface area contributed by atoms with Crippen LogP contribution in [0, 0.1) is 0 Å². The van der Waals surface area contributed by atoms with Crippen molar-refractivity contribution in [3.8, 4) is 10.7 Å². The number of thiophene rings is 1. The van der Waals surface area contributed by atoms with Crippen LogP contribution in [-0.4, -0.2) is 26.7 Å². The van der Waals surface area contributed by atoms with Crippen LogP contribution in [0.5, 0.6) is 0 Å². The van der Waals surface area contributed by atoms with Gasteiger partial charge in [-0.25, -0.2) is 9.97 Å². The average Bonchev–Trinajstić information content (AvgIpc) is 3.18. The number of H-pyrrole nitrogens is 1. The van der Waals surface area contributed by atoms with Gasteiger partial charge in [-0.3, -0.25) is 16.4 Å². The lowest BCUT2D eigenvalue weighted by Crippen LogP contribution is -2.24. The van der Waals surface area contributed by atoms with Gasteiger partial charge in [-0.2, -0.15) is 5.10 Å². The van der Waals surface area contributed by atoms with Gasteiger partial charge < -0.3 is 5.32 Å². The van der Waals surface area contributed by atoms with E-state index in [1.807, 2.05) is 12.1 Å². The molecule has 7 nitrogen and oxygen atoms in total.